The summed E-state index contributed by atoms with van der Waals surface area (Å²) in [7, 11) is 1.54. The predicted octanol–water partition coefficient (Wildman–Crippen LogP) is 4.59. The Morgan fingerprint density at radius 2 is 2.00 bits per heavy atom. The third kappa shape index (κ3) is 3.64. The molecule has 2 aromatic carbocycles. The van der Waals surface area contributed by atoms with Crippen molar-refractivity contribution in [3.63, 3.8) is 0 Å². The quantitative estimate of drug-likeness (QED) is 0.520. The van der Waals surface area contributed by atoms with Crippen LogP contribution in [0.15, 0.2) is 46.9 Å². The molecule has 0 saturated heterocycles. The van der Waals surface area contributed by atoms with Gasteiger partial charge in [-0.05, 0) is 31.0 Å². The molecule has 25 heavy (non-hydrogen) atoms. The summed E-state index contributed by atoms with van der Waals surface area (Å²) in [5.41, 5.74) is 7.40. The number of rotatable bonds is 5. The average molecular weight is 353 g/mol. The van der Waals surface area contributed by atoms with Crippen molar-refractivity contribution in [2.75, 3.05) is 12.5 Å². The van der Waals surface area contributed by atoms with Gasteiger partial charge in [-0.2, -0.15) is 5.10 Å². The Morgan fingerprint density at radius 1 is 1.24 bits per heavy atom. The molecular formula is C19H19N3O2S. The van der Waals surface area contributed by atoms with Crippen molar-refractivity contribution in [2.45, 2.75) is 13.8 Å². The standard InChI is InChI=1S/C19H19N3O2S/c1-12-9-15(17(23)18(24-3)13(12)2)10-20-22-19-21-16(11-25-19)14-7-5-4-6-8-14/h4-11,23H,1-3H3,(H,21,22). The highest BCUT2D eigenvalue weighted by Crippen LogP contribution is 2.34. The lowest BCUT2D eigenvalue weighted by molar-refractivity contribution is 0.370. The molecule has 0 atom stereocenters. The van der Waals surface area contributed by atoms with Gasteiger partial charge >= 0.3 is 0 Å². The topological polar surface area (TPSA) is 66.7 Å². The molecule has 0 spiro atoms. The van der Waals surface area contributed by atoms with Crippen LogP contribution in [0.2, 0.25) is 0 Å². The first-order valence-corrected chi connectivity index (χ1v) is 8.65. The van der Waals surface area contributed by atoms with Crippen molar-refractivity contribution in [1.82, 2.24) is 4.98 Å². The number of hydrogen-bond donors (Lipinski definition) is 2. The van der Waals surface area contributed by atoms with E-state index in [-0.39, 0.29) is 5.75 Å². The van der Waals surface area contributed by atoms with E-state index < -0.39 is 0 Å². The van der Waals surface area contributed by atoms with E-state index in [1.807, 2.05) is 55.6 Å². The first-order chi connectivity index (χ1) is 12.1. The third-order valence-corrected chi connectivity index (χ3v) is 4.68. The monoisotopic (exact) mass is 353 g/mol. The molecule has 0 bridgehead atoms. The molecule has 5 nitrogen and oxygen atoms in total. The zero-order valence-corrected chi connectivity index (χ0v) is 15.1. The number of phenols is 1. The molecule has 3 aromatic rings. The Hall–Kier alpha value is -2.86. The highest BCUT2D eigenvalue weighted by atomic mass is 32.1. The fraction of sp³-hybridized carbons (Fsp3) is 0.158. The first kappa shape index (κ1) is 17.0. The van der Waals surface area contributed by atoms with E-state index in [4.69, 9.17) is 4.74 Å². The van der Waals surface area contributed by atoms with Gasteiger partial charge in [-0.25, -0.2) is 4.98 Å². The lowest BCUT2D eigenvalue weighted by Crippen LogP contribution is -1.96. The Labute approximate surface area is 150 Å². The lowest BCUT2D eigenvalue weighted by Gasteiger charge is -2.11. The number of thiazole rings is 1. The molecule has 6 heteroatoms. The second-order valence-corrected chi connectivity index (χ2v) is 6.42. The van der Waals surface area contributed by atoms with Gasteiger partial charge in [0.2, 0.25) is 5.13 Å². The minimum absolute atomic E-state index is 0.0836. The number of methoxy groups -OCH3 is 1. The van der Waals surface area contributed by atoms with Crippen molar-refractivity contribution in [3.8, 4) is 22.8 Å². The number of nitrogens with one attached hydrogen (secondary N) is 1. The van der Waals surface area contributed by atoms with E-state index in [1.165, 1.54) is 11.3 Å². The number of anilines is 1. The Morgan fingerprint density at radius 3 is 2.72 bits per heavy atom. The predicted molar refractivity (Wildman–Crippen MR) is 103 cm³/mol. The van der Waals surface area contributed by atoms with Crippen LogP contribution in [0.3, 0.4) is 0 Å². The zero-order valence-electron chi connectivity index (χ0n) is 14.3. The maximum absolute atomic E-state index is 10.3. The number of aromatic nitrogens is 1. The summed E-state index contributed by atoms with van der Waals surface area (Å²) in [6.07, 6.45) is 1.56. The molecular weight excluding hydrogens is 334 g/mol. The molecule has 0 unspecified atom stereocenters. The van der Waals surface area contributed by atoms with E-state index in [9.17, 15) is 5.11 Å². The number of phenolic OH excluding ortho intramolecular Hbond substituents is 1. The van der Waals surface area contributed by atoms with E-state index in [2.05, 4.69) is 15.5 Å². The highest BCUT2D eigenvalue weighted by molar-refractivity contribution is 7.14. The third-order valence-electron chi connectivity index (χ3n) is 3.93. The maximum Gasteiger partial charge on any atom is 0.203 e. The molecule has 1 aromatic heterocycles. The number of nitrogens with zero attached hydrogens (tertiary/aromatic N) is 2. The number of ether oxygens (including phenoxy) is 1. The number of aryl methyl sites for hydroxylation is 1. The molecule has 0 radical (unpaired) electrons. The van der Waals surface area contributed by atoms with Crippen LogP contribution in [0.4, 0.5) is 5.13 Å². The van der Waals surface area contributed by atoms with Crippen LogP contribution >= 0.6 is 11.3 Å². The highest BCUT2D eigenvalue weighted by Gasteiger charge is 2.12. The van der Waals surface area contributed by atoms with Crippen molar-refractivity contribution in [3.05, 3.63) is 58.5 Å². The lowest BCUT2D eigenvalue weighted by atomic mass is 10.0. The van der Waals surface area contributed by atoms with Crippen LogP contribution in [0, 0.1) is 13.8 Å². The van der Waals surface area contributed by atoms with Crippen molar-refractivity contribution < 1.29 is 9.84 Å². The molecule has 0 aliphatic carbocycles. The summed E-state index contributed by atoms with van der Waals surface area (Å²) in [6.45, 7) is 3.88. The molecule has 2 N–H and O–H groups in total. The van der Waals surface area contributed by atoms with Gasteiger partial charge in [0.25, 0.3) is 0 Å². The van der Waals surface area contributed by atoms with Crippen molar-refractivity contribution in [2.24, 2.45) is 5.10 Å². The van der Waals surface area contributed by atoms with E-state index in [1.54, 1.807) is 13.3 Å². The largest absolute Gasteiger partial charge is 0.504 e. The molecule has 0 fully saturated rings. The van der Waals surface area contributed by atoms with Crippen LogP contribution < -0.4 is 10.2 Å². The fourth-order valence-corrected chi connectivity index (χ4v) is 3.14. The number of benzene rings is 2. The number of aromatic hydroxyl groups is 1. The molecule has 0 aliphatic heterocycles. The second kappa shape index (κ2) is 7.36. The summed E-state index contributed by atoms with van der Waals surface area (Å²) >= 11 is 1.47. The Balaban J connectivity index is 1.76. The molecule has 1 heterocycles. The van der Waals surface area contributed by atoms with Gasteiger partial charge in [-0.3, -0.25) is 5.43 Å². The van der Waals surface area contributed by atoms with Crippen LogP contribution in [0.5, 0.6) is 11.5 Å². The van der Waals surface area contributed by atoms with Gasteiger partial charge in [0, 0.05) is 16.5 Å². The van der Waals surface area contributed by atoms with Crippen LogP contribution in [-0.4, -0.2) is 23.4 Å². The summed E-state index contributed by atoms with van der Waals surface area (Å²) in [5.74, 6) is 0.558. The summed E-state index contributed by atoms with van der Waals surface area (Å²) in [4.78, 5) is 4.51. The van der Waals surface area contributed by atoms with Crippen LogP contribution in [0.1, 0.15) is 16.7 Å². The van der Waals surface area contributed by atoms with Gasteiger partial charge in [0.1, 0.15) is 0 Å². The zero-order chi connectivity index (χ0) is 17.8. The average Bonchev–Trinajstić information content (AvgIpc) is 3.10. The van der Waals surface area contributed by atoms with Crippen LogP contribution in [0.25, 0.3) is 11.3 Å². The van der Waals surface area contributed by atoms with Gasteiger partial charge in [-0.15, -0.1) is 11.3 Å². The van der Waals surface area contributed by atoms with E-state index in [0.29, 0.717) is 16.4 Å². The van der Waals surface area contributed by atoms with Gasteiger partial charge in [-0.1, -0.05) is 30.3 Å². The molecule has 3 rings (SSSR count). The van der Waals surface area contributed by atoms with E-state index >= 15 is 0 Å². The normalized spacial score (nSPS) is 11.0. The van der Waals surface area contributed by atoms with Gasteiger partial charge in [0.15, 0.2) is 11.5 Å². The summed E-state index contributed by atoms with van der Waals surface area (Å²) in [6, 6.07) is 11.8. The maximum atomic E-state index is 10.3. The number of hydrazone groups is 1. The van der Waals surface area contributed by atoms with Gasteiger partial charge in [0.05, 0.1) is 19.0 Å². The minimum Gasteiger partial charge on any atom is -0.504 e. The fourth-order valence-electron chi connectivity index (χ4n) is 2.47. The first-order valence-electron chi connectivity index (χ1n) is 7.77. The van der Waals surface area contributed by atoms with Crippen molar-refractivity contribution >= 4 is 22.7 Å². The second-order valence-electron chi connectivity index (χ2n) is 5.56. The molecule has 128 valence electrons. The van der Waals surface area contributed by atoms with E-state index in [0.717, 1.165) is 22.4 Å². The molecule has 0 aliphatic rings. The summed E-state index contributed by atoms with van der Waals surface area (Å²) in [5, 5.41) is 17.1. The molecule has 0 amide bonds. The number of hydrogen-bond acceptors (Lipinski definition) is 6. The van der Waals surface area contributed by atoms with Gasteiger partial charge < -0.3 is 9.84 Å². The molecule has 0 saturated carbocycles. The Bertz CT molecular complexity index is 905. The SMILES string of the molecule is COc1c(C)c(C)cc(C=NNc2nc(-c3ccccc3)cs2)c1O. The minimum atomic E-state index is 0.0836. The smallest absolute Gasteiger partial charge is 0.203 e. The Kier molecular flexibility index (Phi) is 5.00. The van der Waals surface area contributed by atoms with Crippen molar-refractivity contribution in [1.29, 1.82) is 0 Å². The summed E-state index contributed by atoms with van der Waals surface area (Å²) < 4.78 is 5.27. The van der Waals surface area contributed by atoms with Crippen LogP contribution in [-0.2, 0) is 0 Å².